The highest BCUT2D eigenvalue weighted by Gasteiger charge is 2.24. The lowest BCUT2D eigenvalue weighted by Gasteiger charge is -2.36. The van der Waals surface area contributed by atoms with Crippen LogP contribution in [0, 0.1) is 5.82 Å². The zero-order chi connectivity index (χ0) is 18.6. The monoisotopic (exact) mass is 370 g/mol. The van der Waals surface area contributed by atoms with Gasteiger partial charge in [-0.1, -0.05) is 12.1 Å². The number of carbonyl (C=O) groups is 1. The standard InChI is InChI=1S/C20H23FN4O2/c21-17-3-1-2-4-18(17)23-7-9-25(10-8-23)20(26)16-5-6-22-19(15-16)24-11-13-27-14-12-24/h1-6,15H,7-14H2. The zero-order valence-corrected chi connectivity index (χ0v) is 15.2. The minimum atomic E-state index is -0.221. The van der Waals surface area contributed by atoms with Crippen LogP contribution in [0.15, 0.2) is 42.6 Å². The molecule has 0 unspecified atom stereocenters. The number of hydrogen-bond donors (Lipinski definition) is 0. The third kappa shape index (κ3) is 3.88. The minimum Gasteiger partial charge on any atom is -0.378 e. The van der Waals surface area contributed by atoms with Crippen molar-refractivity contribution in [1.29, 1.82) is 0 Å². The first-order valence-corrected chi connectivity index (χ1v) is 9.30. The number of halogens is 1. The number of para-hydroxylation sites is 1. The molecule has 7 heteroatoms. The summed E-state index contributed by atoms with van der Waals surface area (Å²) in [4.78, 5) is 23.3. The van der Waals surface area contributed by atoms with Gasteiger partial charge in [0.25, 0.3) is 5.91 Å². The number of anilines is 2. The van der Waals surface area contributed by atoms with Gasteiger partial charge in [0, 0.05) is 51.0 Å². The van der Waals surface area contributed by atoms with E-state index in [0.29, 0.717) is 50.6 Å². The van der Waals surface area contributed by atoms with Crippen molar-refractivity contribution in [3.05, 3.63) is 54.0 Å². The van der Waals surface area contributed by atoms with Crippen molar-refractivity contribution in [2.24, 2.45) is 0 Å². The Morgan fingerprint density at radius 2 is 1.70 bits per heavy atom. The van der Waals surface area contributed by atoms with Crippen LogP contribution in [0.3, 0.4) is 0 Å². The van der Waals surface area contributed by atoms with Crippen molar-refractivity contribution in [3.63, 3.8) is 0 Å². The van der Waals surface area contributed by atoms with E-state index >= 15 is 0 Å². The number of morpholine rings is 1. The van der Waals surface area contributed by atoms with Crippen molar-refractivity contribution in [3.8, 4) is 0 Å². The fourth-order valence-electron chi connectivity index (χ4n) is 3.56. The summed E-state index contributed by atoms with van der Waals surface area (Å²) in [5.74, 6) is 0.593. The number of ether oxygens (including phenoxy) is 1. The van der Waals surface area contributed by atoms with E-state index < -0.39 is 0 Å². The first-order valence-electron chi connectivity index (χ1n) is 9.30. The number of hydrogen-bond acceptors (Lipinski definition) is 5. The van der Waals surface area contributed by atoms with Gasteiger partial charge in [-0.2, -0.15) is 0 Å². The second-order valence-corrected chi connectivity index (χ2v) is 6.73. The molecule has 0 aliphatic carbocycles. The Balaban J connectivity index is 1.41. The second kappa shape index (κ2) is 7.92. The highest BCUT2D eigenvalue weighted by atomic mass is 19.1. The normalized spacial score (nSPS) is 17.9. The average Bonchev–Trinajstić information content (AvgIpc) is 2.74. The number of benzene rings is 1. The molecule has 2 aromatic rings. The van der Waals surface area contributed by atoms with Crippen molar-refractivity contribution < 1.29 is 13.9 Å². The summed E-state index contributed by atoms with van der Waals surface area (Å²) in [6.45, 7) is 5.31. The molecule has 3 heterocycles. The largest absolute Gasteiger partial charge is 0.378 e. The van der Waals surface area contributed by atoms with Crippen LogP contribution >= 0.6 is 0 Å². The van der Waals surface area contributed by atoms with E-state index in [9.17, 15) is 9.18 Å². The van der Waals surface area contributed by atoms with E-state index in [4.69, 9.17) is 4.74 Å². The molecule has 2 saturated heterocycles. The maximum atomic E-state index is 14.0. The zero-order valence-electron chi connectivity index (χ0n) is 15.2. The van der Waals surface area contributed by atoms with Crippen LogP contribution in [-0.2, 0) is 4.74 Å². The van der Waals surface area contributed by atoms with Crippen LogP contribution in [0.2, 0.25) is 0 Å². The van der Waals surface area contributed by atoms with Crippen LogP contribution in [0.1, 0.15) is 10.4 Å². The van der Waals surface area contributed by atoms with Crippen molar-refractivity contribution in [2.45, 2.75) is 0 Å². The fourth-order valence-corrected chi connectivity index (χ4v) is 3.56. The van der Waals surface area contributed by atoms with E-state index in [1.165, 1.54) is 6.07 Å². The molecule has 0 spiro atoms. The number of carbonyl (C=O) groups excluding carboxylic acids is 1. The number of pyridine rings is 1. The van der Waals surface area contributed by atoms with E-state index in [2.05, 4.69) is 9.88 Å². The highest BCUT2D eigenvalue weighted by Crippen LogP contribution is 2.21. The molecular formula is C20H23FN4O2. The summed E-state index contributed by atoms with van der Waals surface area (Å²) < 4.78 is 19.3. The molecule has 4 rings (SSSR count). The van der Waals surface area contributed by atoms with Crippen LogP contribution in [0.5, 0.6) is 0 Å². The first-order chi connectivity index (χ1) is 13.2. The molecule has 0 N–H and O–H groups in total. The van der Waals surface area contributed by atoms with Gasteiger partial charge in [0.2, 0.25) is 0 Å². The van der Waals surface area contributed by atoms with Gasteiger partial charge in [-0.15, -0.1) is 0 Å². The quantitative estimate of drug-likeness (QED) is 0.827. The SMILES string of the molecule is O=C(c1ccnc(N2CCOCC2)c1)N1CCN(c2ccccc2F)CC1. The molecule has 0 saturated carbocycles. The highest BCUT2D eigenvalue weighted by molar-refractivity contribution is 5.95. The van der Waals surface area contributed by atoms with Gasteiger partial charge in [-0.3, -0.25) is 4.79 Å². The number of nitrogens with zero attached hydrogens (tertiary/aromatic N) is 4. The summed E-state index contributed by atoms with van der Waals surface area (Å²) >= 11 is 0. The van der Waals surface area contributed by atoms with E-state index in [-0.39, 0.29) is 11.7 Å². The fraction of sp³-hybridized carbons (Fsp3) is 0.400. The Kier molecular flexibility index (Phi) is 5.20. The molecule has 6 nitrogen and oxygen atoms in total. The maximum absolute atomic E-state index is 14.0. The Morgan fingerprint density at radius 3 is 2.44 bits per heavy atom. The van der Waals surface area contributed by atoms with E-state index in [0.717, 1.165) is 18.9 Å². The molecule has 1 aromatic heterocycles. The smallest absolute Gasteiger partial charge is 0.254 e. The molecule has 27 heavy (non-hydrogen) atoms. The predicted octanol–water partition coefficient (Wildman–Crippen LogP) is 2.02. The summed E-state index contributed by atoms with van der Waals surface area (Å²) in [6.07, 6.45) is 1.69. The Morgan fingerprint density at radius 1 is 0.963 bits per heavy atom. The van der Waals surface area contributed by atoms with Crippen molar-refractivity contribution in [1.82, 2.24) is 9.88 Å². The molecule has 2 aliphatic heterocycles. The lowest BCUT2D eigenvalue weighted by Crippen LogP contribution is -2.49. The van der Waals surface area contributed by atoms with Crippen molar-refractivity contribution >= 4 is 17.4 Å². The Hall–Kier alpha value is -2.67. The lowest BCUT2D eigenvalue weighted by atomic mass is 10.2. The molecule has 0 radical (unpaired) electrons. The van der Waals surface area contributed by atoms with Crippen molar-refractivity contribution in [2.75, 3.05) is 62.3 Å². The predicted molar refractivity (Wildman–Crippen MR) is 102 cm³/mol. The van der Waals surface area contributed by atoms with Gasteiger partial charge in [0.15, 0.2) is 0 Å². The van der Waals surface area contributed by atoms with Gasteiger partial charge < -0.3 is 19.4 Å². The van der Waals surface area contributed by atoms with Gasteiger partial charge in [-0.05, 0) is 24.3 Å². The number of aromatic nitrogens is 1. The maximum Gasteiger partial charge on any atom is 0.254 e. The molecule has 2 fully saturated rings. The van der Waals surface area contributed by atoms with Crippen LogP contribution in [0.25, 0.3) is 0 Å². The lowest BCUT2D eigenvalue weighted by molar-refractivity contribution is 0.0746. The molecule has 142 valence electrons. The molecule has 1 aromatic carbocycles. The molecule has 2 aliphatic rings. The summed E-state index contributed by atoms with van der Waals surface area (Å²) in [6, 6.07) is 10.4. The van der Waals surface area contributed by atoms with Gasteiger partial charge in [0.1, 0.15) is 11.6 Å². The molecule has 0 atom stereocenters. The minimum absolute atomic E-state index is 0.0000862. The summed E-state index contributed by atoms with van der Waals surface area (Å²) in [5, 5.41) is 0. The van der Waals surface area contributed by atoms with E-state index in [1.54, 1.807) is 24.4 Å². The van der Waals surface area contributed by atoms with Gasteiger partial charge in [-0.25, -0.2) is 9.37 Å². The Bertz CT molecular complexity index is 802. The molecule has 0 bridgehead atoms. The van der Waals surface area contributed by atoms with Crippen LogP contribution < -0.4 is 9.80 Å². The van der Waals surface area contributed by atoms with Gasteiger partial charge >= 0.3 is 0 Å². The number of rotatable bonds is 3. The molecular weight excluding hydrogens is 347 g/mol. The summed E-state index contributed by atoms with van der Waals surface area (Å²) in [5.41, 5.74) is 1.24. The third-order valence-electron chi connectivity index (χ3n) is 5.09. The van der Waals surface area contributed by atoms with Crippen LogP contribution in [-0.4, -0.2) is 68.3 Å². The number of amides is 1. The second-order valence-electron chi connectivity index (χ2n) is 6.73. The molecule has 1 amide bonds. The van der Waals surface area contributed by atoms with Crippen LogP contribution in [0.4, 0.5) is 15.9 Å². The topological polar surface area (TPSA) is 48.9 Å². The summed E-state index contributed by atoms with van der Waals surface area (Å²) in [7, 11) is 0. The third-order valence-corrected chi connectivity index (χ3v) is 5.09. The number of piperazine rings is 1. The Labute approximate surface area is 158 Å². The average molecular weight is 370 g/mol. The van der Waals surface area contributed by atoms with Gasteiger partial charge in [0.05, 0.1) is 18.9 Å². The first kappa shape index (κ1) is 17.7. The van der Waals surface area contributed by atoms with E-state index in [1.807, 2.05) is 21.9 Å².